The highest BCUT2D eigenvalue weighted by atomic mass is 19.4. The van der Waals surface area contributed by atoms with Crippen molar-refractivity contribution in [2.75, 3.05) is 11.9 Å². The molecule has 0 spiro atoms. The predicted molar refractivity (Wildman–Crippen MR) is 82.0 cm³/mol. The van der Waals surface area contributed by atoms with Gasteiger partial charge in [-0.25, -0.2) is 4.98 Å². The van der Waals surface area contributed by atoms with E-state index in [1.807, 2.05) is 0 Å². The number of carbonyl (C=O) groups excluding carboxylic acids is 1. The number of aryl methyl sites for hydroxylation is 1. The number of anilines is 1. The van der Waals surface area contributed by atoms with Gasteiger partial charge in [-0.1, -0.05) is 0 Å². The number of hydrogen-bond donors (Lipinski definition) is 2. The molecular formula is C16H16F3N3O3. The van der Waals surface area contributed by atoms with Gasteiger partial charge in [0.15, 0.2) is 5.82 Å². The van der Waals surface area contributed by atoms with E-state index in [9.17, 15) is 23.1 Å². The molecule has 3 rings (SSSR count). The highest BCUT2D eigenvalue weighted by Crippen LogP contribution is 2.41. The molecule has 0 fully saturated rings. The fourth-order valence-electron chi connectivity index (χ4n) is 2.77. The van der Waals surface area contributed by atoms with Crippen molar-refractivity contribution >= 4 is 11.6 Å². The molecule has 0 radical (unpaired) electrons. The lowest BCUT2D eigenvalue weighted by molar-refractivity contribution is -0.270. The summed E-state index contributed by atoms with van der Waals surface area (Å²) in [4.78, 5) is 15.7. The van der Waals surface area contributed by atoms with Crippen LogP contribution >= 0.6 is 0 Å². The summed E-state index contributed by atoms with van der Waals surface area (Å²) >= 11 is 0. The number of aromatic nitrogens is 2. The third-order valence-corrected chi connectivity index (χ3v) is 4.05. The van der Waals surface area contributed by atoms with Gasteiger partial charge in [0.1, 0.15) is 5.75 Å². The summed E-state index contributed by atoms with van der Waals surface area (Å²) in [5.41, 5.74) is -2.17. The lowest BCUT2D eigenvalue weighted by Gasteiger charge is -2.29. The Bertz CT molecular complexity index is 803. The largest absolute Gasteiger partial charge is 0.493 e. The highest BCUT2D eigenvalue weighted by Gasteiger charge is 2.58. The Kier molecular flexibility index (Phi) is 4.19. The second-order valence-electron chi connectivity index (χ2n) is 5.87. The number of amides is 1. The van der Waals surface area contributed by atoms with E-state index >= 15 is 0 Å². The Morgan fingerprint density at radius 2 is 2.20 bits per heavy atom. The molecule has 1 aliphatic heterocycles. The fraction of sp³-hybridized carbons (Fsp3) is 0.375. The molecule has 1 amide bonds. The number of rotatable bonds is 4. The van der Waals surface area contributed by atoms with Crippen LogP contribution in [0, 0.1) is 0 Å². The molecule has 1 aliphatic rings. The number of carbonyl (C=O) groups is 1. The lowest BCUT2D eigenvalue weighted by atomic mass is 9.97. The summed E-state index contributed by atoms with van der Waals surface area (Å²) in [6.45, 7) is 0.527. The Hall–Kier alpha value is -2.55. The van der Waals surface area contributed by atoms with E-state index in [-0.39, 0.29) is 0 Å². The van der Waals surface area contributed by atoms with Gasteiger partial charge >= 0.3 is 6.18 Å². The van der Waals surface area contributed by atoms with Gasteiger partial charge in [-0.3, -0.25) is 4.79 Å². The smallest absolute Gasteiger partial charge is 0.425 e. The van der Waals surface area contributed by atoms with Gasteiger partial charge in [0.25, 0.3) is 0 Å². The molecule has 134 valence electrons. The van der Waals surface area contributed by atoms with E-state index in [2.05, 4.69) is 10.3 Å². The zero-order valence-corrected chi connectivity index (χ0v) is 13.3. The number of nitrogens with zero attached hydrogens (tertiary/aromatic N) is 2. The van der Waals surface area contributed by atoms with E-state index in [1.165, 1.54) is 19.3 Å². The van der Waals surface area contributed by atoms with E-state index in [4.69, 9.17) is 4.74 Å². The molecule has 1 aromatic carbocycles. The van der Waals surface area contributed by atoms with Crippen molar-refractivity contribution in [3.63, 3.8) is 0 Å². The summed E-state index contributed by atoms with van der Waals surface area (Å²) in [5, 5.41) is 12.6. The molecule has 0 saturated heterocycles. The molecule has 9 heteroatoms. The first-order valence-electron chi connectivity index (χ1n) is 7.53. The summed E-state index contributed by atoms with van der Waals surface area (Å²) in [6.07, 6.45) is -3.20. The molecule has 1 aromatic heterocycles. The van der Waals surface area contributed by atoms with Crippen LogP contribution in [0.3, 0.4) is 0 Å². The van der Waals surface area contributed by atoms with Crippen molar-refractivity contribution < 1.29 is 27.8 Å². The molecule has 1 atom stereocenters. The third-order valence-electron chi connectivity index (χ3n) is 4.05. The maximum absolute atomic E-state index is 13.4. The Balaban J connectivity index is 1.81. The van der Waals surface area contributed by atoms with E-state index in [0.717, 1.165) is 16.3 Å². The zero-order chi connectivity index (χ0) is 18.2. The molecule has 2 heterocycles. The monoisotopic (exact) mass is 355 g/mol. The topological polar surface area (TPSA) is 76.4 Å². The normalized spacial score (nSPS) is 16.0. The van der Waals surface area contributed by atoms with Gasteiger partial charge < -0.3 is 19.7 Å². The lowest BCUT2D eigenvalue weighted by Crippen LogP contribution is -2.46. The van der Waals surface area contributed by atoms with Gasteiger partial charge in [-0.05, 0) is 23.8 Å². The van der Waals surface area contributed by atoms with E-state index < -0.39 is 29.9 Å². The van der Waals surface area contributed by atoms with E-state index in [1.54, 1.807) is 12.1 Å². The molecule has 0 saturated carbocycles. The number of alkyl halides is 3. The number of aliphatic hydroxyl groups is 1. The highest BCUT2D eigenvalue weighted by molar-refractivity contribution is 5.91. The first kappa shape index (κ1) is 17.3. The minimum atomic E-state index is -5.06. The summed E-state index contributed by atoms with van der Waals surface area (Å²) < 4.78 is 46.6. The summed E-state index contributed by atoms with van der Waals surface area (Å²) in [7, 11) is 1.32. The maximum Gasteiger partial charge on any atom is 0.425 e. The van der Waals surface area contributed by atoms with Crippen molar-refractivity contribution in [3.8, 4) is 5.75 Å². The summed E-state index contributed by atoms with van der Waals surface area (Å²) in [6, 6.07) is 4.83. The van der Waals surface area contributed by atoms with Crippen molar-refractivity contribution in [3.05, 3.63) is 42.0 Å². The first-order chi connectivity index (χ1) is 11.7. The van der Waals surface area contributed by atoms with Crippen LogP contribution in [0.25, 0.3) is 0 Å². The van der Waals surface area contributed by atoms with Crippen molar-refractivity contribution in [2.45, 2.75) is 24.6 Å². The van der Waals surface area contributed by atoms with Crippen molar-refractivity contribution in [2.24, 2.45) is 7.05 Å². The number of imidazole rings is 1. The SMILES string of the molecule is Cn1ccnc1[C@@](O)(CC(=O)Nc1ccc2c(c1)CCO2)C(F)(F)F. The molecular weight excluding hydrogens is 339 g/mol. The second-order valence-corrected chi connectivity index (χ2v) is 5.87. The molecule has 25 heavy (non-hydrogen) atoms. The van der Waals surface area contributed by atoms with Gasteiger partial charge in [-0.2, -0.15) is 13.2 Å². The predicted octanol–water partition coefficient (Wildman–Crippen LogP) is 2.13. The van der Waals surface area contributed by atoms with Gasteiger partial charge in [0.05, 0.1) is 13.0 Å². The first-order valence-corrected chi connectivity index (χ1v) is 7.53. The molecule has 0 unspecified atom stereocenters. The standard InChI is InChI=1S/C16H16F3N3O3/c1-22-6-5-20-14(22)15(24,16(17,18)19)9-13(23)21-11-2-3-12-10(8-11)4-7-25-12/h2-3,5-6,8,24H,4,7,9H2,1H3,(H,21,23)/t15-/m0/s1. The molecule has 6 nitrogen and oxygen atoms in total. The number of hydrogen-bond acceptors (Lipinski definition) is 4. The van der Waals surface area contributed by atoms with Gasteiger partial charge in [0, 0.05) is 31.5 Å². The van der Waals surface area contributed by atoms with Crippen LogP contribution in [-0.4, -0.2) is 33.3 Å². The molecule has 0 bridgehead atoms. The maximum atomic E-state index is 13.4. The van der Waals surface area contributed by atoms with Crippen LogP contribution in [0.1, 0.15) is 17.8 Å². The van der Waals surface area contributed by atoms with Crippen LogP contribution in [-0.2, 0) is 23.9 Å². The Morgan fingerprint density at radius 3 is 2.84 bits per heavy atom. The molecule has 2 N–H and O–H groups in total. The molecule has 2 aromatic rings. The van der Waals surface area contributed by atoms with Crippen LogP contribution in [0.4, 0.5) is 18.9 Å². The second kappa shape index (κ2) is 6.07. The van der Waals surface area contributed by atoms with E-state index in [0.29, 0.717) is 24.5 Å². The van der Waals surface area contributed by atoms with Crippen molar-refractivity contribution in [1.29, 1.82) is 0 Å². The summed E-state index contributed by atoms with van der Waals surface area (Å²) in [5.74, 6) is -0.919. The number of fused-ring (bicyclic) bond motifs is 1. The average molecular weight is 355 g/mol. The Labute approximate surface area is 141 Å². The minimum absolute atomic E-state index is 0.346. The fourth-order valence-corrected chi connectivity index (χ4v) is 2.77. The number of ether oxygens (including phenoxy) is 1. The van der Waals surface area contributed by atoms with Crippen LogP contribution in [0.15, 0.2) is 30.6 Å². The zero-order valence-electron chi connectivity index (χ0n) is 13.3. The average Bonchev–Trinajstić information content (AvgIpc) is 3.13. The van der Waals surface area contributed by atoms with Crippen LogP contribution in [0.5, 0.6) is 5.75 Å². The Morgan fingerprint density at radius 1 is 1.44 bits per heavy atom. The quantitative estimate of drug-likeness (QED) is 0.881. The van der Waals surface area contributed by atoms with Gasteiger partial charge in [-0.15, -0.1) is 0 Å². The van der Waals surface area contributed by atoms with Crippen LogP contribution < -0.4 is 10.1 Å². The number of nitrogens with one attached hydrogen (secondary N) is 1. The number of halogens is 3. The van der Waals surface area contributed by atoms with Gasteiger partial charge in [0.2, 0.25) is 11.5 Å². The minimum Gasteiger partial charge on any atom is -0.493 e. The van der Waals surface area contributed by atoms with Crippen LogP contribution in [0.2, 0.25) is 0 Å². The van der Waals surface area contributed by atoms with Crippen molar-refractivity contribution in [1.82, 2.24) is 9.55 Å². The number of benzene rings is 1. The third kappa shape index (κ3) is 3.19. The molecule has 0 aliphatic carbocycles.